The van der Waals surface area contributed by atoms with Gasteiger partial charge in [-0.15, -0.1) is 0 Å². The van der Waals surface area contributed by atoms with Crippen molar-refractivity contribution < 1.29 is 0 Å². The number of nitrogen functional groups attached to an aromatic ring is 1. The summed E-state index contributed by atoms with van der Waals surface area (Å²) >= 11 is 0. The summed E-state index contributed by atoms with van der Waals surface area (Å²) in [5.74, 6) is -0.0285. The van der Waals surface area contributed by atoms with Gasteiger partial charge in [-0.3, -0.25) is 10.1 Å². The zero-order valence-corrected chi connectivity index (χ0v) is 10.1. The fraction of sp³-hybridized carbons (Fsp3) is 0.0769. The van der Waals surface area contributed by atoms with Crippen molar-refractivity contribution in [1.82, 2.24) is 19.7 Å². The van der Waals surface area contributed by atoms with Crippen LogP contribution in [-0.2, 0) is 6.54 Å². The van der Waals surface area contributed by atoms with Crippen molar-refractivity contribution in [2.75, 3.05) is 0 Å². The van der Waals surface area contributed by atoms with Crippen LogP contribution in [-0.4, -0.2) is 25.6 Å². The Morgan fingerprint density at radius 2 is 1.95 bits per heavy atom. The lowest BCUT2D eigenvalue weighted by Crippen LogP contribution is -2.13. The second kappa shape index (κ2) is 4.49. The van der Waals surface area contributed by atoms with E-state index in [0.717, 1.165) is 16.5 Å². The Hall–Kier alpha value is -2.76. The molecule has 3 rings (SSSR count). The van der Waals surface area contributed by atoms with E-state index in [1.165, 1.54) is 6.33 Å². The summed E-state index contributed by atoms with van der Waals surface area (Å²) in [5.41, 5.74) is 7.97. The van der Waals surface area contributed by atoms with Gasteiger partial charge >= 0.3 is 0 Å². The molecular weight excluding hydrogens is 240 g/mol. The summed E-state index contributed by atoms with van der Waals surface area (Å²) in [4.78, 5) is 7.97. The predicted octanol–water partition coefficient (Wildman–Crippen LogP) is 1.16. The molecule has 3 N–H and O–H groups in total. The van der Waals surface area contributed by atoms with E-state index in [0.29, 0.717) is 12.2 Å². The Labute approximate surface area is 109 Å². The van der Waals surface area contributed by atoms with Crippen LogP contribution < -0.4 is 5.73 Å². The molecule has 94 valence electrons. The van der Waals surface area contributed by atoms with Gasteiger partial charge in [-0.1, -0.05) is 18.2 Å². The van der Waals surface area contributed by atoms with Crippen LogP contribution in [0.4, 0.5) is 0 Å². The van der Waals surface area contributed by atoms with Crippen molar-refractivity contribution in [2.24, 2.45) is 5.73 Å². The van der Waals surface area contributed by atoms with Gasteiger partial charge in [0.1, 0.15) is 17.9 Å². The van der Waals surface area contributed by atoms with Gasteiger partial charge in [-0.25, -0.2) is 9.97 Å². The largest absolute Gasteiger partial charge is 0.382 e. The molecule has 2 aromatic heterocycles. The lowest BCUT2D eigenvalue weighted by Gasteiger charge is -2.02. The van der Waals surface area contributed by atoms with Crippen LogP contribution in [0.15, 0.2) is 43.0 Å². The first-order valence-electron chi connectivity index (χ1n) is 5.79. The smallest absolute Gasteiger partial charge is 0.144 e. The Kier molecular flexibility index (Phi) is 2.68. The van der Waals surface area contributed by atoms with Crippen LogP contribution in [0.25, 0.3) is 10.9 Å². The molecule has 3 aromatic rings. The standard InChI is InChI=1S/C13H12N6/c14-13(15)12-10-3-1-2-4-11(10)19(18-12)7-9-5-16-8-17-6-9/h1-6,8H,7H2,(H3,14,15). The number of nitrogens with zero attached hydrogens (tertiary/aromatic N) is 4. The van der Waals surface area contributed by atoms with Gasteiger partial charge in [0.25, 0.3) is 0 Å². The minimum atomic E-state index is -0.0285. The van der Waals surface area contributed by atoms with E-state index in [1.54, 1.807) is 12.4 Å². The number of hydrogen-bond acceptors (Lipinski definition) is 4. The summed E-state index contributed by atoms with van der Waals surface area (Å²) in [7, 11) is 0. The highest BCUT2D eigenvalue weighted by atomic mass is 15.3. The molecule has 6 heteroatoms. The minimum absolute atomic E-state index is 0.0285. The highest BCUT2D eigenvalue weighted by molar-refractivity contribution is 6.05. The van der Waals surface area contributed by atoms with E-state index >= 15 is 0 Å². The average Bonchev–Trinajstić information content (AvgIpc) is 2.79. The molecule has 0 saturated heterocycles. The molecule has 0 atom stereocenters. The van der Waals surface area contributed by atoms with Crippen molar-refractivity contribution >= 4 is 16.7 Å². The molecule has 2 heterocycles. The van der Waals surface area contributed by atoms with Gasteiger partial charge in [0.2, 0.25) is 0 Å². The number of rotatable bonds is 3. The molecule has 0 aliphatic rings. The van der Waals surface area contributed by atoms with Gasteiger partial charge in [-0.2, -0.15) is 5.10 Å². The molecule has 1 aromatic carbocycles. The predicted molar refractivity (Wildman–Crippen MR) is 71.9 cm³/mol. The molecular formula is C13H12N6. The third kappa shape index (κ3) is 2.03. The van der Waals surface area contributed by atoms with Crippen LogP contribution >= 0.6 is 0 Å². The quantitative estimate of drug-likeness (QED) is 0.540. The maximum Gasteiger partial charge on any atom is 0.144 e. The molecule has 0 aliphatic carbocycles. The number of hydrogen-bond donors (Lipinski definition) is 2. The van der Waals surface area contributed by atoms with Crippen molar-refractivity contribution in [3.05, 3.63) is 54.2 Å². The van der Waals surface area contributed by atoms with Crippen molar-refractivity contribution in [3.8, 4) is 0 Å². The highest BCUT2D eigenvalue weighted by Gasteiger charge is 2.12. The Balaban J connectivity index is 2.11. The van der Waals surface area contributed by atoms with Crippen molar-refractivity contribution in [3.63, 3.8) is 0 Å². The van der Waals surface area contributed by atoms with Gasteiger partial charge in [0.05, 0.1) is 12.1 Å². The first-order chi connectivity index (χ1) is 9.25. The van der Waals surface area contributed by atoms with Crippen LogP contribution in [0, 0.1) is 5.41 Å². The molecule has 0 fully saturated rings. The fourth-order valence-corrected chi connectivity index (χ4v) is 2.03. The van der Waals surface area contributed by atoms with Crippen molar-refractivity contribution in [2.45, 2.75) is 6.54 Å². The number of fused-ring (bicyclic) bond motifs is 1. The summed E-state index contributed by atoms with van der Waals surface area (Å²) in [6, 6.07) is 7.72. The van der Waals surface area contributed by atoms with E-state index in [1.807, 2.05) is 28.9 Å². The second-order valence-electron chi connectivity index (χ2n) is 4.18. The SMILES string of the molecule is N=C(N)c1nn(Cc2cncnc2)c2ccccc12. The number of amidine groups is 1. The zero-order chi connectivity index (χ0) is 13.2. The normalized spacial score (nSPS) is 10.7. The Morgan fingerprint density at radius 3 is 2.68 bits per heavy atom. The van der Waals surface area contributed by atoms with E-state index in [9.17, 15) is 0 Å². The summed E-state index contributed by atoms with van der Waals surface area (Å²) in [6.45, 7) is 0.550. The molecule has 0 saturated carbocycles. The second-order valence-corrected chi connectivity index (χ2v) is 4.18. The molecule has 19 heavy (non-hydrogen) atoms. The first kappa shape index (κ1) is 11.3. The van der Waals surface area contributed by atoms with E-state index in [-0.39, 0.29) is 5.84 Å². The number of benzene rings is 1. The molecule has 0 aliphatic heterocycles. The fourth-order valence-electron chi connectivity index (χ4n) is 2.03. The maximum absolute atomic E-state index is 7.59. The molecule has 0 amide bonds. The van der Waals surface area contributed by atoms with Crippen molar-refractivity contribution in [1.29, 1.82) is 5.41 Å². The molecule has 0 radical (unpaired) electrons. The topological polar surface area (TPSA) is 93.5 Å². The van der Waals surface area contributed by atoms with Crippen LogP contribution in [0.3, 0.4) is 0 Å². The number of nitrogens with two attached hydrogens (primary N) is 1. The van der Waals surface area contributed by atoms with Gasteiger partial charge in [0, 0.05) is 23.3 Å². The lowest BCUT2D eigenvalue weighted by molar-refractivity contribution is 0.704. The summed E-state index contributed by atoms with van der Waals surface area (Å²) in [5, 5.41) is 12.9. The first-order valence-corrected chi connectivity index (χ1v) is 5.79. The monoisotopic (exact) mass is 252 g/mol. The van der Waals surface area contributed by atoms with E-state index in [2.05, 4.69) is 15.1 Å². The molecule has 6 nitrogen and oxygen atoms in total. The number of aromatic nitrogens is 4. The van der Waals surface area contributed by atoms with E-state index in [4.69, 9.17) is 11.1 Å². The van der Waals surface area contributed by atoms with Gasteiger partial charge < -0.3 is 5.73 Å². The van der Waals surface area contributed by atoms with Gasteiger partial charge in [0.15, 0.2) is 0 Å². The minimum Gasteiger partial charge on any atom is -0.382 e. The highest BCUT2D eigenvalue weighted by Crippen LogP contribution is 2.18. The molecule has 0 bridgehead atoms. The lowest BCUT2D eigenvalue weighted by atomic mass is 10.2. The number of nitrogens with one attached hydrogen (secondary N) is 1. The van der Waals surface area contributed by atoms with Crippen LogP contribution in [0.5, 0.6) is 0 Å². The third-order valence-electron chi connectivity index (χ3n) is 2.86. The third-order valence-corrected chi connectivity index (χ3v) is 2.86. The summed E-state index contributed by atoms with van der Waals surface area (Å²) < 4.78 is 1.81. The number of para-hydroxylation sites is 1. The van der Waals surface area contributed by atoms with Crippen LogP contribution in [0.2, 0.25) is 0 Å². The Morgan fingerprint density at radius 1 is 1.21 bits per heavy atom. The maximum atomic E-state index is 7.59. The van der Waals surface area contributed by atoms with Gasteiger partial charge in [-0.05, 0) is 6.07 Å². The Bertz CT molecular complexity index is 731. The van der Waals surface area contributed by atoms with E-state index < -0.39 is 0 Å². The molecule has 0 unspecified atom stereocenters. The zero-order valence-electron chi connectivity index (χ0n) is 10.1. The molecule has 0 spiro atoms. The van der Waals surface area contributed by atoms with Crippen LogP contribution in [0.1, 0.15) is 11.3 Å². The summed E-state index contributed by atoms with van der Waals surface area (Å²) in [6.07, 6.45) is 4.99. The average molecular weight is 252 g/mol.